The standard InChI is InChI=1S/C16H21N9O8S2/c1-16(2,14(28)29)33-23-10(7-5-34-15(18)21-7)12(26)22-11-8(25(13(11)27)35(30,31)32)4-24-9(3-17)19-6-20-24/h5-6,8,11H,3-4,17H2,1-2H3,(H2,18,21)(H,22,26)(H,28,29)(H,30,31,32)/b23-10+/t8-,11+/m1/s1. The van der Waals surface area contributed by atoms with E-state index >= 15 is 0 Å². The second-order valence-corrected chi connectivity index (χ2v) is 9.79. The van der Waals surface area contributed by atoms with Gasteiger partial charge in [0.15, 0.2) is 10.8 Å². The molecule has 0 spiro atoms. The third kappa shape index (κ3) is 5.37. The minimum Gasteiger partial charge on any atom is -0.478 e. The van der Waals surface area contributed by atoms with Gasteiger partial charge in [-0.1, -0.05) is 5.16 Å². The number of nitrogens with two attached hydrogens (primary N) is 2. The van der Waals surface area contributed by atoms with Gasteiger partial charge in [-0.15, -0.1) is 11.3 Å². The Morgan fingerprint density at radius 3 is 2.63 bits per heavy atom. The molecule has 0 aromatic carbocycles. The van der Waals surface area contributed by atoms with Crippen molar-refractivity contribution >= 4 is 50.3 Å². The normalized spacial score (nSPS) is 18.8. The molecule has 1 saturated heterocycles. The number of hydrogen-bond acceptors (Lipinski definition) is 13. The number of carbonyl (C=O) groups excluding carboxylic acids is 2. The van der Waals surface area contributed by atoms with Gasteiger partial charge in [-0.25, -0.2) is 23.7 Å². The molecule has 2 aromatic heterocycles. The predicted octanol–water partition coefficient (Wildman–Crippen LogP) is -2.44. The average Bonchev–Trinajstić information content (AvgIpc) is 3.39. The van der Waals surface area contributed by atoms with Crippen molar-refractivity contribution in [3.05, 3.63) is 23.2 Å². The number of oxime groups is 1. The molecule has 17 nitrogen and oxygen atoms in total. The molecule has 0 saturated carbocycles. The van der Waals surface area contributed by atoms with Gasteiger partial charge in [-0.05, 0) is 13.8 Å². The Kier molecular flexibility index (Phi) is 7.06. The Morgan fingerprint density at radius 2 is 2.09 bits per heavy atom. The van der Waals surface area contributed by atoms with Crippen molar-refractivity contribution < 1.29 is 37.3 Å². The zero-order valence-corrected chi connectivity index (χ0v) is 19.9. The maximum atomic E-state index is 13.0. The molecule has 0 bridgehead atoms. The number of rotatable bonds is 10. The number of nitrogen functional groups attached to an aromatic ring is 1. The highest BCUT2D eigenvalue weighted by atomic mass is 32.2. The van der Waals surface area contributed by atoms with Crippen LogP contribution in [0.2, 0.25) is 0 Å². The number of aromatic nitrogens is 4. The van der Waals surface area contributed by atoms with E-state index in [9.17, 15) is 32.5 Å². The SMILES string of the molecule is CC(C)(O/N=C(/C(=O)N[C@@H]1C(=O)N(S(=O)(=O)O)[C@@H]1Cn1ncnc1CN)c1csc(N)n1)C(=O)O. The van der Waals surface area contributed by atoms with Crippen molar-refractivity contribution in [3.8, 4) is 0 Å². The minimum absolute atomic E-state index is 0.0533. The Morgan fingerprint density at radius 1 is 1.40 bits per heavy atom. The van der Waals surface area contributed by atoms with Crippen LogP contribution in [0.5, 0.6) is 0 Å². The lowest BCUT2D eigenvalue weighted by Crippen LogP contribution is -2.73. The van der Waals surface area contributed by atoms with E-state index < -0.39 is 51.5 Å². The van der Waals surface area contributed by atoms with Gasteiger partial charge in [0.05, 0.1) is 19.1 Å². The average molecular weight is 532 g/mol. The summed E-state index contributed by atoms with van der Waals surface area (Å²) in [4.78, 5) is 49.7. The molecule has 3 heterocycles. The summed E-state index contributed by atoms with van der Waals surface area (Å²) in [6.45, 7) is 2.03. The third-order valence-corrected chi connectivity index (χ3v) is 6.42. The predicted molar refractivity (Wildman–Crippen MR) is 118 cm³/mol. The molecule has 1 aliphatic rings. The highest BCUT2D eigenvalue weighted by Crippen LogP contribution is 2.26. The van der Waals surface area contributed by atoms with E-state index in [1.807, 2.05) is 0 Å². The molecule has 19 heteroatoms. The van der Waals surface area contributed by atoms with Crippen LogP contribution >= 0.6 is 11.3 Å². The Hall–Kier alpha value is -3.68. The fourth-order valence-corrected chi connectivity index (χ4v) is 4.35. The smallest absolute Gasteiger partial charge is 0.362 e. The molecular formula is C16H21N9O8S2. The van der Waals surface area contributed by atoms with E-state index in [1.165, 1.54) is 23.9 Å². The first kappa shape index (κ1) is 25.9. The molecule has 7 N–H and O–H groups in total. The number of hydrogen-bond donors (Lipinski definition) is 5. The molecule has 1 fully saturated rings. The van der Waals surface area contributed by atoms with Crippen molar-refractivity contribution in [2.45, 2.75) is 44.6 Å². The van der Waals surface area contributed by atoms with Gasteiger partial charge in [0, 0.05) is 5.38 Å². The summed E-state index contributed by atoms with van der Waals surface area (Å²) in [6, 6.07) is -2.75. The highest BCUT2D eigenvalue weighted by molar-refractivity contribution is 7.84. The molecule has 190 valence electrons. The molecule has 3 rings (SSSR count). The van der Waals surface area contributed by atoms with Crippen LogP contribution in [0.25, 0.3) is 0 Å². The topological polar surface area (TPSA) is 258 Å². The van der Waals surface area contributed by atoms with Gasteiger partial charge in [0.25, 0.3) is 11.8 Å². The maximum absolute atomic E-state index is 13.0. The van der Waals surface area contributed by atoms with Gasteiger partial charge < -0.3 is 26.7 Å². The van der Waals surface area contributed by atoms with Crippen LogP contribution < -0.4 is 16.8 Å². The summed E-state index contributed by atoms with van der Waals surface area (Å²) >= 11 is 0.956. The van der Waals surface area contributed by atoms with E-state index in [-0.39, 0.29) is 34.0 Å². The van der Waals surface area contributed by atoms with E-state index in [0.29, 0.717) is 0 Å². The molecule has 35 heavy (non-hydrogen) atoms. The van der Waals surface area contributed by atoms with Crippen LogP contribution in [-0.4, -0.2) is 83.3 Å². The van der Waals surface area contributed by atoms with Gasteiger partial charge >= 0.3 is 16.3 Å². The molecule has 0 aliphatic carbocycles. The third-order valence-electron chi connectivity index (χ3n) is 4.80. The summed E-state index contributed by atoms with van der Waals surface area (Å²) in [7, 11) is -4.97. The van der Waals surface area contributed by atoms with Crippen LogP contribution in [0.3, 0.4) is 0 Å². The van der Waals surface area contributed by atoms with Crippen LogP contribution in [0.1, 0.15) is 25.4 Å². The van der Waals surface area contributed by atoms with Crippen molar-refractivity contribution in [1.82, 2.24) is 29.4 Å². The molecule has 0 unspecified atom stereocenters. The first-order valence-electron chi connectivity index (χ1n) is 9.65. The van der Waals surface area contributed by atoms with Gasteiger partial charge in [0.1, 0.15) is 23.9 Å². The number of carboxylic acids is 1. The van der Waals surface area contributed by atoms with Crippen LogP contribution in [0.15, 0.2) is 16.9 Å². The number of nitrogens with zero attached hydrogens (tertiary/aromatic N) is 6. The summed E-state index contributed by atoms with van der Waals surface area (Å²) < 4.78 is 34.3. The van der Waals surface area contributed by atoms with Crippen molar-refractivity contribution in [1.29, 1.82) is 0 Å². The van der Waals surface area contributed by atoms with E-state index in [0.717, 1.165) is 17.7 Å². The molecule has 1 aliphatic heterocycles. The summed E-state index contributed by atoms with van der Waals surface area (Å²) in [6.07, 6.45) is 1.16. The molecule has 2 aromatic rings. The Balaban J connectivity index is 1.90. The number of anilines is 1. The van der Waals surface area contributed by atoms with Crippen molar-refractivity contribution in [2.24, 2.45) is 10.9 Å². The van der Waals surface area contributed by atoms with E-state index in [4.69, 9.17) is 16.3 Å². The van der Waals surface area contributed by atoms with E-state index in [2.05, 4.69) is 25.5 Å². The first-order valence-corrected chi connectivity index (χ1v) is 11.9. The van der Waals surface area contributed by atoms with Crippen LogP contribution in [0, 0.1) is 0 Å². The quantitative estimate of drug-likeness (QED) is 0.0924. The second kappa shape index (κ2) is 9.52. The zero-order chi connectivity index (χ0) is 26.1. The lowest BCUT2D eigenvalue weighted by Gasteiger charge is -2.44. The largest absolute Gasteiger partial charge is 0.478 e. The zero-order valence-electron chi connectivity index (χ0n) is 18.2. The molecule has 2 atom stereocenters. The summed E-state index contributed by atoms with van der Waals surface area (Å²) in [5.41, 5.74) is 8.74. The van der Waals surface area contributed by atoms with Crippen molar-refractivity contribution in [2.75, 3.05) is 5.73 Å². The molecule has 0 radical (unpaired) electrons. The lowest BCUT2D eigenvalue weighted by atomic mass is 9.98. The fourth-order valence-electron chi connectivity index (χ4n) is 2.93. The van der Waals surface area contributed by atoms with Crippen LogP contribution in [-0.2, 0) is 42.6 Å². The second-order valence-electron chi connectivity index (χ2n) is 7.61. The molecular weight excluding hydrogens is 510 g/mol. The fraction of sp³-hybridized carbons (Fsp3) is 0.438. The number of amides is 2. The lowest BCUT2D eigenvalue weighted by molar-refractivity contribution is -0.161. The number of aliphatic carboxylic acids is 1. The van der Waals surface area contributed by atoms with Crippen LogP contribution in [0.4, 0.5) is 5.13 Å². The van der Waals surface area contributed by atoms with Gasteiger partial charge in [-0.3, -0.25) is 14.1 Å². The number of β-lactam (4-membered cyclic amide) rings is 1. The monoisotopic (exact) mass is 531 g/mol. The number of carbonyl (C=O) groups is 3. The summed E-state index contributed by atoms with van der Waals surface area (Å²) in [5, 5.41) is 20.4. The Bertz CT molecular complexity index is 1290. The van der Waals surface area contributed by atoms with Gasteiger partial charge in [0.2, 0.25) is 5.60 Å². The first-order chi connectivity index (χ1) is 16.3. The highest BCUT2D eigenvalue weighted by Gasteiger charge is 2.54. The number of carboxylic acid groups (broad SMARTS) is 1. The summed E-state index contributed by atoms with van der Waals surface area (Å²) in [5.74, 6) is -3.30. The van der Waals surface area contributed by atoms with E-state index in [1.54, 1.807) is 0 Å². The Labute approximate surface area is 201 Å². The van der Waals surface area contributed by atoms with Gasteiger partial charge in [-0.2, -0.15) is 13.5 Å². The van der Waals surface area contributed by atoms with Crippen molar-refractivity contribution in [3.63, 3.8) is 0 Å². The maximum Gasteiger partial charge on any atom is 0.362 e. The minimum atomic E-state index is -4.97. The molecule has 2 amide bonds. The number of thiazole rings is 1. The number of nitrogens with one attached hydrogen (secondary N) is 1.